The Morgan fingerprint density at radius 3 is 2.57 bits per heavy atom. The Labute approximate surface area is 204 Å². The first-order valence-corrected chi connectivity index (χ1v) is 12.7. The molecule has 5 atom stereocenters. The van der Waals surface area contributed by atoms with E-state index in [1.165, 1.54) is 50.3 Å². The van der Waals surface area contributed by atoms with Gasteiger partial charge in [-0.15, -0.1) is 13.2 Å². The molecule has 1 saturated heterocycles. The van der Waals surface area contributed by atoms with Gasteiger partial charge in [-0.05, 0) is 76.7 Å². The second kappa shape index (κ2) is 9.28. The van der Waals surface area contributed by atoms with E-state index >= 15 is 0 Å². The molecule has 3 aliphatic rings. The van der Waals surface area contributed by atoms with Crippen LogP contribution in [0.15, 0.2) is 18.3 Å². The van der Waals surface area contributed by atoms with E-state index in [-0.39, 0.29) is 11.9 Å². The normalized spacial score (nSPS) is 28.5. The molecule has 3 unspecified atom stereocenters. The fraction of sp³-hybridized carbons (Fsp3) is 0.680. The third-order valence-corrected chi connectivity index (χ3v) is 8.21. The highest BCUT2D eigenvalue weighted by Crippen LogP contribution is 2.64. The molecule has 192 valence electrons. The van der Waals surface area contributed by atoms with Gasteiger partial charge in [-0.2, -0.15) is 5.10 Å². The average molecular weight is 493 g/mol. The van der Waals surface area contributed by atoms with Crippen molar-refractivity contribution in [3.63, 3.8) is 0 Å². The summed E-state index contributed by atoms with van der Waals surface area (Å²) >= 11 is 0. The lowest BCUT2D eigenvalue weighted by Gasteiger charge is -2.29. The summed E-state index contributed by atoms with van der Waals surface area (Å²) in [6.45, 7) is 8.89. The van der Waals surface area contributed by atoms with Crippen LogP contribution in [-0.2, 0) is 0 Å². The van der Waals surface area contributed by atoms with E-state index in [4.69, 9.17) is 10.8 Å². The first-order chi connectivity index (χ1) is 16.6. The number of aromatic nitrogens is 3. The van der Waals surface area contributed by atoms with Crippen molar-refractivity contribution in [2.24, 2.45) is 11.8 Å². The third kappa shape index (κ3) is 5.00. The predicted molar refractivity (Wildman–Crippen MR) is 128 cm³/mol. The third-order valence-electron chi connectivity index (χ3n) is 8.21. The molecular weight excluding hydrogens is 457 g/mol. The zero-order valence-electron chi connectivity index (χ0n) is 20.6. The van der Waals surface area contributed by atoms with Gasteiger partial charge in [0.25, 0.3) is 0 Å². The van der Waals surface area contributed by atoms with Gasteiger partial charge >= 0.3 is 6.36 Å². The number of rotatable bonds is 6. The molecule has 0 aromatic carbocycles. The lowest BCUT2D eigenvalue weighted by Crippen LogP contribution is -2.37. The molecule has 2 aromatic heterocycles. The molecule has 3 fully saturated rings. The second-order valence-corrected chi connectivity index (χ2v) is 10.5. The van der Waals surface area contributed by atoms with Crippen molar-refractivity contribution in [2.45, 2.75) is 63.9 Å². The molecular formula is C25H35F3N6O. The highest BCUT2D eigenvalue weighted by molar-refractivity contribution is 5.64. The van der Waals surface area contributed by atoms with Gasteiger partial charge in [-0.1, -0.05) is 6.92 Å². The molecule has 3 heterocycles. The van der Waals surface area contributed by atoms with Crippen LogP contribution in [0.2, 0.25) is 0 Å². The van der Waals surface area contributed by atoms with Gasteiger partial charge in [-0.3, -0.25) is 9.58 Å². The molecule has 10 heteroatoms. The van der Waals surface area contributed by atoms with Crippen LogP contribution in [0.4, 0.5) is 19.0 Å². The molecule has 0 spiro atoms. The molecule has 2 N–H and O–H groups in total. The molecule has 5 rings (SSSR count). The van der Waals surface area contributed by atoms with Crippen LogP contribution in [0, 0.1) is 11.8 Å². The zero-order chi connectivity index (χ0) is 24.9. The highest BCUT2D eigenvalue weighted by atomic mass is 19.4. The lowest BCUT2D eigenvalue weighted by atomic mass is 10.0. The molecule has 0 radical (unpaired) electrons. The number of likely N-dealkylation sites (N-methyl/N-ethyl adjacent to an activating group) is 1. The maximum Gasteiger partial charge on any atom is 0.573 e. The monoisotopic (exact) mass is 492 g/mol. The number of nitrogens with two attached hydrogens (primary N) is 1. The summed E-state index contributed by atoms with van der Waals surface area (Å²) in [7, 11) is 2.20. The number of anilines is 1. The van der Waals surface area contributed by atoms with E-state index in [1.54, 1.807) is 0 Å². The maximum absolute atomic E-state index is 12.8. The van der Waals surface area contributed by atoms with Crippen LogP contribution in [0.25, 0.3) is 11.3 Å². The van der Waals surface area contributed by atoms with Crippen LogP contribution in [0.3, 0.4) is 0 Å². The molecule has 2 aliphatic carbocycles. The topological polar surface area (TPSA) is 72.4 Å². The fourth-order valence-corrected chi connectivity index (χ4v) is 6.11. The molecule has 2 aromatic rings. The van der Waals surface area contributed by atoms with E-state index in [0.29, 0.717) is 35.1 Å². The molecule has 1 aliphatic heterocycles. The number of pyridine rings is 1. The zero-order valence-corrected chi connectivity index (χ0v) is 20.6. The van der Waals surface area contributed by atoms with E-state index in [1.807, 2.05) is 6.07 Å². The van der Waals surface area contributed by atoms with Crippen LogP contribution in [-0.4, -0.2) is 70.2 Å². The minimum Gasteiger partial charge on any atom is -0.402 e. The number of nitrogens with zero attached hydrogens (tertiary/aromatic N) is 5. The van der Waals surface area contributed by atoms with Gasteiger partial charge in [0.15, 0.2) is 11.6 Å². The predicted octanol–water partition coefficient (Wildman–Crippen LogP) is 4.53. The highest BCUT2D eigenvalue weighted by Gasteiger charge is 2.58. The minimum absolute atomic E-state index is 0.199. The van der Waals surface area contributed by atoms with Gasteiger partial charge in [-0.25, -0.2) is 4.98 Å². The smallest absolute Gasteiger partial charge is 0.402 e. The summed E-state index contributed by atoms with van der Waals surface area (Å²) < 4.78 is 44.5. The van der Waals surface area contributed by atoms with E-state index in [2.05, 4.69) is 45.1 Å². The van der Waals surface area contributed by atoms with Crippen LogP contribution in [0.5, 0.6) is 5.75 Å². The first kappa shape index (κ1) is 24.4. The van der Waals surface area contributed by atoms with Gasteiger partial charge < -0.3 is 15.4 Å². The Kier molecular flexibility index (Phi) is 6.46. The van der Waals surface area contributed by atoms with Crippen LogP contribution in [0.1, 0.15) is 57.2 Å². The van der Waals surface area contributed by atoms with Gasteiger partial charge in [0.1, 0.15) is 0 Å². The Bertz CT molecular complexity index is 1040. The summed E-state index contributed by atoms with van der Waals surface area (Å²) in [6, 6.07) is 4.18. The summed E-state index contributed by atoms with van der Waals surface area (Å²) in [6.07, 6.45) is 1.21. The largest absolute Gasteiger partial charge is 0.573 e. The van der Waals surface area contributed by atoms with Gasteiger partial charge in [0.05, 0.1) is 5.69 Å². The average Bonchev–Trinajstić information content (AvgIpc) is 3.13. The fourth-order valence-electron chi connectivity index (χ4n) is 6.11. The molecule has 2 saturated carbocycles. The number of halogens is 3. The summed E-state index contributed by atoms with van der Waals surface area (Å²) in [5.41, 5.74) is 7.89. The number of hydrogen-bond donors (Lipinski definition) is 1. The van der Waals surface area contributed by atoms with E-state index < -0.39 is 12.1 Å². The first-order valence-electron chi connectivity index (χ1n) is 12.7. The summed E-state index contributed by atoms with van der Waals surface area (Å²) in [5, 5.41) is 4.82. The second-order valence-electron chi connectivity index (χ2n) is 10.5. The van der Waals surface area contributed by atoms with Crippen molar-refractivity contribution in [3.05, 3.63) is 24.0 Å². The van der Waals surface area contributed by atoms with Crippen molar-refractivity contribution in [1.82, 2.24) is 24.6 Å². The molecule has 0 bridgehead atoms. The van der Waals surface area contributed by atoms with Gasteiger partial charge in [0, 0.05) is 48.5 Å². The van der Waals surface area contributed by atoms with Crippen LogP contribution >= 0.6 is 0 Å². The van der Waals surface area contributed by atoms with Gasteiger partial charge in [0.2, 0.25) is 0 Å². The number of fused-ring (bicyclic) bond motifs is 1. The Balaban J connectivity index is 1.35. The Morgan fingerprint density at radius 1 is 1.14 bits per heavy atom. The summed E-state index contributed by atoms with van der Waals surface area (Å²) in [4.78, 5) is 9.04. The van der Waals surface area contributed by atoms with Crippen molar-refractivity contribution in [3.8, 4) is 17.0 Å². The van der Waals surface area contributed by atoms with E-state index in [9.17, 15) is 13.2 Å². The summed E-state index contributed by atoms with van der Waals surface area (Å²) in [5.74, 6) is 0.979. The quantitative estimate of drug-likeness (QED) is 0.639. The van der Waals surface area contributed by atoms with Crippen LogP contribution < -0.4 is 10.5 Å². The standard InChI is InChI=1S/C25H35F3N6O/c1-4-15(2)34-21(13-20(31-34)16-10-22(24(29)30-14-16)35-25(26,27)28)23-18-11-17(12-19(18)23)33-7-5-6-32(3)8-9-33/h10,13-15,17-19,23H,4-9,11-12H2,1-3H3,(H2,29,30)/t15?,17?,18-,19+,23?. The van der Waals surface area contributed by atoms with E-state index in [0.717, 1.165) is 19.5 Å². The number of alkyl halides is 3. The Morgan fingerprint density at radius 2 is 1.89 bits per heavy atom. The molecule has 0 amide bonds. The minimum atomic E-state index is -4.83. The molecule has 7 nitrogen and oxygen atoms in total. The maximum atomic E-state index is 12.8. The SMILES string of the molecule is CCC(C)n1nc(-c2cnc(N)c(OC(F)(F)F)c2)cc1C1[C@H]2CC(N3CCCN(C)CC3)C[C@@H]12. The van der Waals surface area contributed by atoms with Crippen molar-refractivity contribution < 1.29 is 17.9 Å². The number of ether oxygens (including phenoxy) is 1. The van der Waals surface area contributed by atoms with Crippen molar-refractivity contribution in [1.29, 1.82) is 0 Å². The number of hydrogen-bond acceptors (Lipinski definition) is 6. The lowest BCUT2D eigenvalue weighted by molar-refractivity contribution is -0.274. The Hall–Kier alpha value is -2.33. The molecule has 35 heavy (non-hydrogen) atoms. The number of nitrogen functional groups attached to an aromatic ring is 1. The van der Waals surface area contributed by atoms with Crippen molar-refractivity contribution >= 4 is 5.82 Å². The van der Waals surface area contributed by atoms with Crippen molar-refractivity contribution in [2.75, 3.05) is 39.0 Å².